The van der Waals surface area contributed by atoms with E-state index < -0.39 is 11.6 Å². The Morgan fingerprint density at radius 3 is 1.42 bits per heavy atom. The molecule has 0 saturated heterocycles. The molecule has 4 aromatic rings. The lowest BCUT2D eigenvalue weighted by Crippen LogP contribution is -2.42. The van der Waals surface area contributed by atoms with E-state index in [1.807, 2.05) is 24.1 Å². The normalized spacial score (nSPS) is 12.9. The second-order valence-electron chi connectivity index (χ2n) is 8.87. The fourth-order valence-corrected chi connectivity index (χ4v) is 4.38. The summed E-state index contributed by atoms with van der Waals surface area (Å²) in [4.78, 5) is 1.86. The number of anilines is 2. The highest BCUT2D eigenvalue weighted by molar-refractivity contribution is 5.51. The quantitative estimate of drug-likeness (QED) is 0.225. The minimum absolute atomic E-state index is 0.132. The van der Waals surface area contributed by atoms with Gasteiger partial charge in [-0.25, -0.2) is 0 Å². The van der Waals surface area contributed by atoms with Crippen LogP contribution >= 0.6 is 0 Å². The Bertz CT molecular complexity index is 1350. The summed E-state index contributed by atoms with van der Waals surface area (Å²) in [5, 5.41) is 0. The van der Waals surface area contributed by atoms with Crippen molar-refractivity contribution < 1.29 is 22.6 Å². The van der Waals surface area contributed by atoms with Crippen LogP contribution in [0.15, 0.2) is 110 Å². The van der Waals surface area contributed by atoms with Gasteiger partial charge in [-0.05, 0) is 96.5 Å². The molecule has 196 valence electrons. The molecule has 0 aliphatic heterocycles. The monoisotopic (exact) mass is 518 g/mol. The van der Waals surface area contributed by atoms with Crippen molar-refractivity contribution >= 4 is 11.4 Å². The molecule has 7 heteroatoms. The van der Waals surface area contributed by atoms with Crippen molar-refractivity contribution in [2.24, 2.45) is 0 Å². The summed E-state index contributed by atoms with van der Waals surface area (Å²) >= 11 is 0. The Morgan fingerprint density at radius 1 is 0.711 bits per heavy atom. The minimum atomic E-state index is -4.53. The molecule has 0 heterocycles. The molecular formula is C31H29F3N2O2. The topological polar surface area (TPSA) is 47.7 Å². The molecule has 0 radical (unpaired) electrons. The third-order valence-corrected chi connectivity index (χ3v) is 6.58. The van der Waals surface area contributed by atoms with E-state index in [2.05, 4.69) is 6.58 Å². The van der Waals surface area contributed by atoms with Crippen molar-refractivity contribution in [1.82, 2.24) is 0 Å². The van der Waals surface area contributed by atoms with Crippen LogP contribution in [0.2, 0.25) is 0 Å². The summed E-state index contributed by atoms with van der Waals surface area (Å²) in [5.41, 5.74) is 5.30. The summed E-state index contributed by atoms with van der Waals surface area (Å²) in [6.07, 6.45) is -3.01. The van der Waals surface area contributed by atoms with Gasteiger partial charge in [0.15, 0.2) is 0 Å². The fraction of sp³-hybridized carbons (Fsp3) is 0.161. The van der Waals surface area contributed by atoms with E-state index in [9.17, 15) is 13.2 Å². The van der Waals surface area contributed by atoms with E-state index in [-0.39, 0.29) is 17.5 Å². The highest BCUT2D eigenvalue weighted by Crippen LogP contribution is 2.49. The summed E-state index contributed by atoms with van der Waals surface area (Å²) < 4.78 is 55.8. The smallest absolute Gasteiger partial charge is 0.402 e. The fourth-order valence-electron chi connectivity index (χ4n) is 4.38. The molecule has 0 aliphatic carbocycles. The molecule has 0 aromatic heterocycles. The van der Waals surface area contributed by atoms with E-state index in [4.69, 9.17) is 15.2 Å². The second kappa shape index (κ2) is 10.9. The highest BCUT2D eigenvalue weighted by atomic mass is 19.4. The molecule has 4 rings (SSSR count). The Morgan fingerprint density at radius 2 is 1.08 bits per heavy atom. The van der Waals surface area contributed by atoms with Gasteiger partial charge < -0.3 is 20.1 Å². The lowest BCUT2D eigenvalue weighted by molar-refractivity contribution is -0.179. The summed E-state index contributed by atoms with van der Waals surface area (Å²) in [5.74, 6) is 1.99. The van der Waals surface area contributed by atoms with Crippen LogP contribution in [-0.4, -0.2) is 13.2 Å². The first-order valence-corrected chi connectivity index (χ1v) is 12.1. The maximum atomic E-state index is 14.7. The van der Waals surface area contributed by atoms with Crippen molar-refractivity contribution in [3.05, 3.63) is 121 Å². The Labute approximate surface area is 220 Å². The van der Waals surface area contributed by atoms with Gasteiger partial charge in [-0.2, -0.15) is 13.2 Å². The van der Waals surface area contributed by atoms with Crippen molar-refractivity contribution in [2.45, 2.75) is 24.9 Å². The first kappa shape index (κ1) is 26.7. The van der Waals surface area contributed by atoms with Gasteiger partial charge in [0.2, 0.25) is 0 Å². The summed E-state index contributed by atoms with van der Waals surface area (Å²) in [6, 6.07) is 26.2. The van der Waals surface area contributed by atoms with Gasteiger partial charge in [-0.15, -0.1) is 0 Å². The molecule has 0 aliphatic rings. The predicted molar refractivity (Wildman–Crippen MR) is 146 cm³/mol. The zero-order valence-corrected chi connectivity index (χ0v) is 21.2. The van der Waals surface area contributed by atoms with E-state index in [0.717, 1.165) is 5.69 Å². The van der Waals surface area contributed by atoms with E-state index in [0.29, 0.717) is 28.7 Å². The van der Waals surface area contributed by atoms with E-state index in [1.54, 1.807) is 73.8 Å². The lowest BCUT2D eigenvalue weighted by Gasteiger charge is -2.36. The summed E-state index contributed by atoms with van der Waals surface area (Å²) in [7, 11) is 1.88. The van der Waals surface area contributed by atoms with Crippen molar-refractivity contribution in [1.29, 1.82) is 0 Å². The van der Waals surface area contributed by atoms with Crippen LogP contribution in [0.1, 0.15) is 24.5 Å². The van der Waals surface area contributed by atoms with Crippen LogP contribution in [0.5, 0.6) is 23.0 Å². The van der Waals surface area contributed by atoms with Gasteiger partial charge in [0.05, 0.1) is 0 Å². The maximum absolute atomic E-state index is 14.7. The van der Waals surface area contributed by atoms with Gasteiger partial charge in [-0.1, -0.05) is 37.8 Å². The van der Waals surface area contributed by atoms with Crippen LogP contribution in [-0.2, 0) is 5.41 Å². The third-order valence-electron chi connectivity index (χ3n) is 6.58. The number of hydrogen-bond donors (Lipinski definition) is 1. The first-order chi connectivity index (χ1) is 18.2. The third kappa shape index (κ3) is 5.47. The number of nitrogens with two attached hydrogens (primary N) is 1. The molecule has 4 aromatic carbocycles. The van der Waals surface area contributed by atoms with Gasteiger partial charge in [0.1, 0.15) is 28.4 Å². The first-order valence-electron chi connectivity index (χ1n) is 12.1. The highest BCUT2D eigenvalue weighted by Gasteiger charge is 2.55. The van der Waals surface area contributed by atoms with Crippen molar-refractivity contribution in [3.8, 4) is 23.0 Å². The SMILES string of the molecule is C=CN(C)c1ccc(Oc2ccc(C(CC)(c3ccc(Oc4ccc(N)cc4)cc3)C(F)(F)F)cc2)cc1. The number of benzene rings is 4. The van der Waals surface area contributed by atoms with Gasteiger partial charge in [0, 0.05) is 18.4 Å². The molecule has 1 atom stereocenters. The number of nitrogens with zero attached hydrogens (tertiary/aromatic N) is 1. The Hall–Kier alpha value is -4.39. The zero-order chi connectivity index (χ0) is 27.3. The van der Waals surface area contributed by atoms with Gasteiger partial charge in [-0.3, -0.25) is 0 Å². The van der Waals surface area contributed by atoms with Crippen molar-refractivity contribution in [3.63, 3.8) is 0 Å². The average Bonchev–Trinajstić information content (AvgIpc) is 2.91. The Balaban J connectivity index is 1.59. The molecule has 38 heavy (non-hydrogen) atoms. The minimum Gasteiger partial charge on any atom is -0.457 e. The number of nitrogen functional groups attached to an aromatic ring is 1. The van der Waals surface area contributed by atoms with Crippen LogP contribution in [0, 0.1) is 0 Å². The Kier molecular flexibility index (Phi) is 7.67. The molecular weight excluding hydrogens is 489 g/mol. The van der Waals surface area contributed by atoms with Gasteiger partial charge >= 0.3 is 6.18 Å². The molecule has 1 unspecified atom stereocenters. The van der Waals surface area contributed by atoms with Crippen LogP contribution in [0.3, 0.4) is 0 Å². The predicted octanol–water partition coefficient (Wildman–Crippen LogP) is 8.69. The lowest BCUT2D eigenvalue weighted by atomic mass is 9.71. The molecule has 0 saturated carbocycles. The van der Waals surface area contributed by atoms with E-state index in [1.165, 1.54) is 24.3 Å². The molecule has 0 spiro atoms. The van der Waals surface area contributed by atoms with Crippen molar-refractivity contribution in [2.75, 3.05) is 17.7 Å². The summed E-state index contributed by atoms with van der Waals surface area (Å²) in [6.45, 7) is 5.27. The number of ether oxygens (including phenoxy) is 2. The number of hydrogen-bond acceptors (Lipinski definition) is 4. The molecule has 4 nitrogen and oxygen atoms in total. The van der Waals surface area contributed by atoms with Crippen LogP contribution < -0.4 is 20.1 Å². The molecule has 0 fully saturated rings. The molecule has 0 bridgehead atoms. The van der Waals surface area contributed by atoms with E-state index >= 15 is 0 Å². The standard InChI is InChI=1S/C31H29F3N2O2/c1-4-30(31(32,33)34,22-6-14-26(15-7-22)37-28-18-10-24(35)11-19-28)23-8-16-27(17-9-23)38-29-20-12-25(13-21-29)36(3)5-2/h5-21H,2,4,35H2,1,3H3. The van der Waals surface area contributed by atoms with Gasteiger partial charge in [0.25, 0.3) is 0 Å². The zero-order valence-electron chi connectivity index (χ0n) is 21.2. The van der Waals surface area contributed by atoms with Crippen LogP contribution in [0.25, 0.3) is 0 Å². The number of alkyl halides is 3. The van der Waals surface area contributed by atoms with Crippen LogP contribution in [0.4, 0.5) is 24.5 Å². The maximum Gasteiger partial charge on any atom is 0.402 e. The molecule has 0 amide bonds. The largest absolute Gasteiger partial charge is 0.457 e. The number of rotatable bonds is 9. The second-order valence-corrected chi connectivity index (χ2v) is 8.87. The molecule has 2 N–H and O–H groups in total. The number of halogens is 3. The average molecular weight is 519 g/mol.